The summed E-state index contributed by atoms with van der Waals surface area (Å²) in [4.78, 5) is 73.1. The van der Waals surface area contributed by atoms with Crippen molar-refractivity contribution < 1.29 is 42.9 Å². The van der Waals surface area contributed by atoms with Gasteiger partial charge in [-0.05, 0) is 86.3 Å². The topological polar surface area (TPSA) is 253 Å². The van der Waals surface area contributed by atoms with E-state index in [0.717, 1.165) is 16.7 Å². The molecule has 2 amide bonds. The number of nitrogens with one attached hydrogen (secondary N) is 2. The van der Waals surface area contributed by atoms with Crippen molar-refractivity contribution in [1.82, 2.24) is 20.2 Å². The molecule has 1 fully saturated rings. The number of carbonyl (C=O) groups excluding carboxylic acids is 4. The first kappa shape index (κ1) is 51.7. The molecule has 2 aliphatic rings. The third-order valence-corrected chi connectivity index (χ3v) is 14.7. The average Bonchev–Trinajstić information content (AvgIpc) is 3.84. The van der Waals surface area contributed by atoms with Crippen molar-refractivity contribution in [2.75, 3.05) is 41.2 Å². The summed E-state index contributed by atoms with van der Waals surface area (Å²) < 4.78 is 17.9. The second kappa shape index (κ2) is 21.6. The molecule has 73 heavy (non-hydrogen) atoms. The summed E-state index contributed by atoms with van der Waals surface area (Å²) in [6.45, 7) is 8.00. The van der Waals surface area contributed by atoms with Crippen LogP contribution in [-0.2, 0) is 45.6 Å². The number of hydrogen-bond donors (Lipinski definition) is 5. The Hall–Kier alpha value is -7.62. The zero-order chi connectivity index (χ0) is 52.1. The fourth-order valence-electron chi connectivity index (χ4n) is 7.90. The molecule has 2 unspecified atom stereocenters. The number of benzene rings is 4. The summed E-state index contributed by atoms with van der Waals surface area (Å²) >= 11 is 3.72. The molecule has 2 aliphatic heterocycles. The molecule has 0 aliphatic carbocycles. The Bertz CT molecular complexity index is 2960. The lowest BCUT2D eigenvalue weighted by atomic mass is 9.77. The van der Waals surface area contributed by atoms with E-state index in [4.69, 9.17) is 41.3 Å². The molecule has 0 bridgehead atoms. The molecular formula is C52H55N10O8S3+. The number of nitrogen functional groups attached to an aromatic ring is 3. The molecule has 6 aromatic rings. The van der Waals surface area contributed by atoms with E-state index >= 15 is 0 Å². The van der Waals surface area contributed by atoms with Crippen molar-refractivity contribution in [1.29, 1.82) is 0 Å². The Morgan fingerprint density at radius 1 is 0.877 bits per heavy atom. The Morgan fingerprint density at radius 3 is 2.05 bits per heavy atom. The van der Waals surface area contributed by atoms with Crippen molar-refractivity contribution in [3.05, 3.63) is 166 Å². The number of esters is 2. The minimum atomic E-state index is -1.67. The van der Waals surface area contributed by atoms with E-state index < -0.39 is 51.9 Å². The fraction of sp³-hybridized carbons (Fsp3) is 0.269. The van der Waals surface area contributed by atoms with Crippen LogP contribution in [0.3, 0.4) is 0 Å². The first-order chi connectivity index (χ1) is 34.9. The standard InChI is InChI=1S/C52H54N10O8S3/c1-50(2,3)69-47(66)51(4,5)70-60-40(37-30-72-48(56-37)59-52(33-16-10-7-11-17-33,34-18-12-8-13-19-34)35-20-14-9-15-21-35)43(63)58-41-44(64)61-42(46(65)68-27-31-22-24-36(67-6)25-23-31)32(28-71-45(41)61)29-73-49-57-38(53)26-39(54)62(49)55/h7-26,30,41,45H,27-29,55H2,1-6H3,(H5,53,54,56,58,59,63)/p+1/b60-40-. The lowest BCUT2D eigenvalue weighted by molar-refractivity contribution is -0.667. The highest BCUT2D eigenvalue weighted by Gasteiger charge is 2.55. The highest BCUT2D eigenvalue weighted by atomic mass is 32.2. The first-order valence-electron chi connectivity index (χ1n) is 22.9. The lowest BCUT2D eigenvalue weighted by Crippen LogP contribution is -2.71. The van der Waals surface area contributed by atoms with Gasteiger partial charge in [-0.15, -0.1) is 27.8 Å². The zero-order valence-electron chi connectivity index (χ0n) is 40.9. The maximum absolute atomic E-state index is 14.7. The Balaban J connectivity index is 1.11. The molecule has 0 radical (unpaired) electrons. The highest BCUT2D eigenvalue weighted by molar-refractivity contribution is 8.01. The Labute approximate surface area is 434 Å². The molecule has 21 heteroatoms. The first-order valence-corrected chi connectivity index (χ1v) is 25.8. The van der Waals surface area contributed by atoms with Gasteiger partial charge in [0.05, 0.1) is 13.2 Å². The average molecular weight is 1040 g/mol. The van der Waals surface area contributed by atoms with Crippen molar-refractivity contribution >= 4 is 81.1 Å². The number of rotatable bonds is 18. The van der Waals surface area contributed by atoms with Gasteiger partial charge in [0.15, 0.2) is 10.8 Å². The van der Waals surface area contributed by atoms with Crippen LogP contribution in [0.15, 0.2) is 148 Å². The van der Waals surface area contributed by atoms with Gasteiger partial charge in [-0.2, -0.15) is 0 Å². The molecule has 378 valence electrons. The number of fused-ring (bicyclic) bond motifs is 1. The second-order valence-corrected chi connectivity index (χ2v) is 21.2. The Kier molecular flexibility index (Phi) is 15.3. The molecule has 4 heterocycles. The van der Waals surface area contributed by atoms with Crippen LogP contribution in [0.4, 0.5) is 16.8 Å². The number of nitrogens with two attached hydrogens (primary N) is 3. The van der Waals surface area contributed by atoms with Crippen molar-refractivity contribution in [2.45, 2.75) is 74.5 Å². The molecule has 2 atom stereocenters. The number of thiazole rings is 1. The van der Waals surface area contributed by atoms with Crippen molar-refractivity contribution in [2.24, 2.45) is 5.16 Å². The van der Waals surface area contributed by atoms with Crippen LogP contribution in [0.1, 0.15) is 62.6 Å². The summed E-state index contributed by atoms with van der Waals surface area (Å²) in [6, 6.07) is 37.1. The number of amides is 2. The number of carbonyl (C=O) groups is 4. The van der Waals surface area contributed by atoms with Gasteiger partial charge < -0.3 is 41.1 Å². The number of methoxy groups -OCH3 is 1. The van der Waals surface area contributed by atoms with Crippen LogP contribution in [0.25, 0.3) is 0 Å². The highest BCUT2D eigenvalue weighted by Crippen LogP contribution is 2.43. The minimum absolute atomic E-state index is 0.0194. The minimum Gasteiger partial charge on any atom is -0.497 e. The Morgan fingerprint density at radius 2 is 1.48 bits per heavy atom. The summed E-state index contributed by atoms with van der Waals surface area (Å²) in [5.74, 6) is 4.63. The molecule has 18 nitrogen and oxygen atoms in total. The van der Waals surface area contributed by atoms with Crippen LogP contribution >= 0.6 is 34.9 Å². The second-order valence-electron chi connectivity index (χ2n) is 18.3. The quantitative estimate of drug-likeness (QED) is 0.00745. The van der Waals surface area contributed by atoms with Gasteiger partial charge in [0.1, 0.15) is 46.3 Å². The number of ether oxygens (including phenoxy) is 3. The van der Waals surface area contributed by atoms with Crippen molar-refractivity contribution in [3.63, 3.8) is 0 Å². The van der Waals surface area contributed by atoms with Crippen LogP contribution in [0, 0.1) is 0 Å². The number of aromatic nitrogens is 3. The summed E-state index contributed by atoms with van der Waals surface area (Å²) in [5.41, 5.74) is 12.3. The molecule has 2 aromatic heterocycles. The molecular weight excluding hydrogens is 989 g/mol. The maximum Gasteiger partial charge on any atom is 0.355 e. The number of anilines is 3. The van der Waals surface area contributed by atoms with E-state index in [0.29, 0.717) is 22.0 Å². The predicted octanol–water partition coefficient (Wildman–Crippen LogP) is 6.15. The van der Waals surface area contributed by atoms with Crippen LogP contribution in [-0.4, -0.2) is 85.6 Å². The van der Waals surface area contributed by atoms with Crippen LogP contribution in [0.5, 0.6) is 5.75 Å². The van der Waals surface area contributed by atoms with Gasteiger partial charge >= 0.3 is 17.1 Å². The molecule has 8 rings (SSSR count). The fourth-order valence-corrected chi connectivity index (χ4v) is 11.1. The third-order valence-electron chi connectivity index (χ3n) is 11.6. The lowest BCUT2D eigenvalue weighted by Gasteiger charge is -2.49. The molecule has 1 saturated heterocycles. The van der Waals surface area contributed by atoms with Gasteiger partial charge in [0, 0.05) is 16.9 Å². The van der Waals surface area contributed by atoms with E-state index in [9.17, 15) is 19.2 Å². The number of thioether (sulfide) groups is 2. The van der Waals surface area contributed by atoms with Gasteiger partial charge in [-0.1, -0.05) is 113 Å². The van der Waals surface area contributed by atoms with Crippen LogP contribution in [0.2, 0.25) is 0 Å². The van der Waals surface area contributed by atoms with Crippen molar-refractivity contribution in [3.8, 4) is 5.75 Å². The summed E-state index contributed by atoms with van der Waals surface area (Å²) in [5, 5.41) is 12.4. The van der Waals surface area contributed by atoms with E-state index in [-0.39, 0.29) is 52.0 Å². The number of oxime groups is 1. The molecule has 4 aromatic carbocycles. The molecule has 0 spiro atoms. The smallest absolute Gasteiger partial charge is 0.355 e. The largest absolute Gasteiger partial charge is 0.497 e. The zero-order valence-corrected chi connectivity index (χ0v) is 43.3. The van der Waals surface area contributed by atoms with Gasteiger partial charge in [-0.25, -0.2) is 14.6 Å². The van der Waals surface area contributed by atoms with E-state index in [1.807, 2.05) is 91.0 Å². The van der Waals surface area contributed by atoms with E-state index in [1.165, 1.54) is 64.4 Å². The monoisotopic (exact) mass is 1040 g/mol. The number of nitrogens with zero attached hydrogens (tertiary/aromatic N) is 5. The predicted molar refractivity (Wildman–Crippen MR) is 281 cm³/mol. The number of β-lactam (4-membered cyclic amide) rings is 1. The molecule has 0 saturated carbocycles. The van der Waals surface area contributed by atoms with E-state index in [1.54, 1.807) is 57.5 Å². The van der Waals surface area contributed by atoms with Gasteiger partial charge in [-0.3, -0.25) is 20.3 Å². The third kappa shape index (κ3) is 11.4. The number of hydrogen-bond acceptors (Lipinski definition) is 18. The maximum atomic E-state index is 14.7. The van der Waals surface area contributed by atoms with Gasteiger partial charge in [0.2, 0.25) is 17.2 Å². The normalized spacial score (nSPS) is 15.9. The SMILES string of the molecule is COc1ccc(COC(=O)C2=C(CSc3nc(N)cc(N)[n+]3N)CSC3C(NC(=O)/C(=N\OC(C)(C)C(=O)OC(C)(C)C)c4csc(NC(c5ccccc5)(c5ccccc5)c5ccccc5)n4)C(=O)N23)cc1. The van der Waals surface area contributed by atoms with Crippen LogP contribution < -0.4 is 37.4 Å². The summed E-state index contributed by atoms with van der Waals surface area (Å²) in [6.07, 6.45) is 0. The molecule has 8 N–H and O–H groups in total. The van der Waals surface area contributed by atoms with Gasteiger partial charge in [0.25, 0.3) is 11.8 Å². The van der Waals surface area contributed by atoms with E-state index in [2.05, 4.69) is 20.8 Å². The summed E-state index contributed by atoms with van der Waals surface area (Å²) in [7, 11) is 1.55.